The van der Waals surface area contributed by atoms with Crippen LogP contribution in [-0.2, 0) is 6.42 Å². The Bertz CT molecular complexity index is 415. The molecule has 0 aliphatic heterocycles. The smallest absolute Gasteiger partial charge is 0.166 e. The fourth-order valence-corrected chi connectivity index (χ4v) is 1.92. The molecule has 0 spiro atoms. The van der Waals surface area contributed by atoms with Gasteiger partial charge in [0.1, 0.15) is 0 Å². The summed E-state index contributed by atoms with van der Waals surface area (Å²) in [6, 6.07) is 0. The van der Waals surface area contributed by atoms with Crippen LogP contribution in [0.25, 0.3) is 5.57 Å². The molecule has 3 nitrogen and oxygen atoms in total. The van der Waals surface area contributed by atoms with Gasteiger partial charge in [0, 0.05) is 12.1 Å². The van der Waals surface area contributed by atoms with Gasteiger partial charge in [-0.05, 0) is 24.3 Å². The average molecular weight is 204 g/mol. The Morgan fingerprint density at radius 1 is 1.47 bits per heavy atom. The number of aromatic nitrogens is 2. The van der Waals surface area contributed by atoms with Crippen LogP contribution in [0.4, 0.5) is 0 Å². The van der Waals surface area contributed by atoms with Gasteiger partial charge >= 0.3 is 0 Å². The van der Waals surface area contributed by atoms with Gasteiger partial charge in [-0.1, -0.05) is 20.4 Å². The van der Waals surface area contributed by atoms with Crippen LogP contribution in [-0.4, -0.2) is 16.0 Å². The second kappa shape index (κ2) is 3.65. The topological polar surface area (TPSA) is 45.8 Å². The Hall–Kier alpha value is -1.38. The number of nitrogens with zero attached hydrogens (tertiary/aromatic N) is 1. The van der Waals surface area contributed by atoms with Gasteiger partial charge in [0.2, 0.25) is 0 Å². The second-order valence-electron chi connectivity index (χ2n) is 4.38. The van der Waals surface area contributed by atoms with Crippen molar-refractivity contribution in [2.75, 3.05) is 0 Å². The molecule has 0 bridgehead atoms. The number of rotatable bonds is 2. The molecule has 0 saturated heterocycles. The number of carbonyl (C=O) groups is 1. The molecule has 1 aliphatic carbocycles. The standard InChI is InChI=1S/C12H16N2O/c1-7(2)8(3)12-11-9(13-14-12)5-4-6-10(11)15/h7H,3-6H2,1-2H3,(H,13,14). The number of H-pyrrole nitrogens is 1. The number of aryl methyl sites for hydroxylation is 1. The van der Waals surface area contributed by atoms with Crippen molar-refractivity contribution in [1.82, 2.24) is 10.2 Å². The van der Waals surface area contributed by atoms with Gasteiger partial charge in [-0.15, -0.1) is 0 Å². The number of hydrogen-bond acceptors (Lipinski definition) is 2. The third-order valence-corrected chi connectivity index (χ3v) is 2.95. The van der Waals surface area contributed by atoms with Crippen LogP contribution in [0.15, 0.2) is 6.58 Å². The monoisotopic (exact) mass is 204 g/mol. The minimum atomic E-state index is 0.210. The fourth-order valence-electron chi connectivity index (χ4n) is 1.92. The molecule has 1 aliphatic rings. The van der Waals surface area contributed by atoms with Crippen LogP contribution in [0.5, 0.6) is 0 Å². The van der Waals surface area contributed by atoms with Gasteiger partial charge in [-0.25, -0.2) is 0 Å². The van der Waals surface area contributed by atoms with E-state index in [2.05, 4.69) is 30.6 Å². The molecular weight excluding hydrogens is 188 g/mol. The highest BCUT2D eigenvalue weighted by Gasteiger charge is 2.25. The van der Waals surface area contributed by atoms with Crippen molar-refractivity contribution in [1.29, 1.82) is 0 Å². The minimum absolute atomic E-state index is 0.210. The maximum atomic E-state index is 11.8. The lowest BCUT2D eigenvalue weighted by molar-refractivity contribution is 0.0972. The Morgan fingerprint density at radius 2 is 2.20 bits per heavy atom. The molecule has 2 rings (SSSR count). The molecule has 1 N–H and O–H groups in total. The van der Waals surface area contributed by atoms with Crippen molar-refractivity contribution in [2.24, 2.45) is 5.92 Å². The fraction of sp³-hybridized carbons (Fsp3) is 0.500. The van der Waals surface area contributed by atoms with Crippen LogP contribution >= 0.6 is 0 Å². The largest absolute Gasteiger partial charge is 0.294 e. The van der Waals surface area contributed by atoms with Crippen LogP contribution in [0.2, 0.25) is 0 Å². The molecule has 0 fully saturated rings. The van der Waals surface area contributed by atoms with E-state index >= 15 is 0 Å². The zero-order chi connectivity index (χ0) is 11.0. The Kier molecular flexibility index (Phi) is 2.47. The van der Waals surface area contributed by atoms with E-state index in [0.29, 0.717) is 12.3 Å². The lowest BCUT2D eigenvalue weighted by atomic mass is 9.90. The number of carbonyl (C=O) groups excluding carboxylic acids is 1. The number of aromatic amines is 1. The SMILES string of the molecule is C=C(c1n[nH]c2c1C(=O)CCC2)C(C)C. The van der Waals surface area contributed by atoms with E-state index in [4.69, 9.17) is 0 Å². The first kappa shape index (κ1) is 10.1. The van der Waals surface area contributed by atoms with Crippen molar-refractivity contribution >= 4 is 11.4 Å². The van der Waals surface area contributed by atoms with E-state index in [9.17, 15) is 4.79 Å². The van der Waals surface area contributed by atoms with Crippen molar-refractivity contribution in [3.8, 4) is 0 Å². The van der Waals surface area contributed by atoms with Gasteiger partial charge in [-0.2, -0.15) is 5.10 Å². The summed E-state index contributed by atoms with van der Waals surface area (Å²) < 4.78 is 0. The van der Waals surface area contributed by atoms with Crippen molar-refractivity contribution in [2.45, 2.75) is 33.1 Å². The van der Waals surface area contributed by atoms with Crippen LogP contribution < -0.4 is 0 Å². The van der Waals surface area contributed by atoms with Gasteiger partial charge in [0.25, 0.3) is 0 Å². The highest BCUT2D eigenvalue weighted by atomic mass is 16.1. The maximum absolute atomic E-state index is 11.8. The minimum Gasteiger partial charge on any atom is -0.294 e. The molecule has 1 aromatic heterocycles. The van der Waals surface area contributed by atoms with E-state index in [-0.39, 0.29) is 5.78 Å². The predicted octanol–water partition coefficient (Wildman–Crippen LogP) is 2.60. The summed E-state index contributed by atoms with van der Waals surface area (Å²) in [7, 11) is 0. The zero-order valence-electron chi connectivity index (χ0n) is 9.26. The molecule has 0 saturated carbocycles. The molecule has 0 atom stereocenters. The number of hydrogen-bond donors (Lipinski definition) is 1. The summed E-state index contributed by atoms with van der Waals surface area (Å²) >= 11 is 0. The Morgan fingerprint density at radius 3 is 2.87 bits per heavy atom. The second-order valence-corrected chi connectivity index (χ2v) is 4.38. The third kappa shape index (κ3) is 1.62. The van der Waals surface area contributed by atoms with E-state index in [1.807, 2.05) is 0 Å². The van der Waals surface area contributed by atoms with Crippen molar-refractivity contribution < 1.29 is 4.79 Å². The van der Waals surface area contributed by atoms with Gasteiger partial charge < -0.3 is 0 Å². The zero-order valence-corrected chi connectivity index (χ0v) is 9.26. The molecule has 0 aromatic carbocycles. The Balaban J connectivity index is 2.46. The summed E-state index contributed by atoms with van der Waals surface area (Å²) in [5.74, 6) is 0.536. The first-order valence-electron chi connectivity index (χ1n) is 5.41. The van der Waals surface area contributed by atoms with E-state index in [0.717, 1.165) is 35.4 Å². The predicted molar refractivity (Wildman–Crippen MR) is 59.7 cm³/mol. The first-order chi connectivity index (χ1) is 7.11. The number of fused-ring (bicyclic) bond motifs is 1. The Labute approximate surface area is 89.6 Å². The molecule has 0 amide bonds. The van der Waals surface area contributed by atoms with E-state index in [1.165, 1.54) is 0 Å². The van der Waals surface area contributed by atoms with Crippen LogP contribution in [0.1, 0.15) is 48.4 Å². The number of Topliss-reactive ketones (excluding diaryl/α,β-unsaturated/α-hetero) is 1. The third-order valence-electron chi connectivity index (χ3n) is 2.95. The highest BCUT2D eigenvalue weighted by Crippen LogP contribution is 2.29. The van der Waals surface area contributed by atoms with Gasteiger partial charge in [0.15, 0.2) is 5.78 Å². The average Bonchev–Trinajstić information content (AvgIpc) is 2.61. The van der Waals surface area contributed by atoms with Crippen molar-refractivity contribution in [3.63, 3.8) is 0 Å². The summed E-state index contributed by atoms with van der Waals surface area (Å²) in [4.78, 5) is 11.8. The molecule has 3 heteroatoms. The highest BCUT2D eigenvalue weighted by molar-refractivity contribution is 6.01. The molecular formula is C12H16N2O. The maximum Gasteiger partial charge on any atom is 0.166 e. The number of ketones is 1. The summed E-state index contributed by atoms with van der Waals surface area (Å²) in [5.41, 5.74) is 3.51. The lowest BCUT2D eigenvalue weighted by Crippen LogP contribution is -2.11. The molecule has 0 unspecified atom stereocenters. The molecule has 1 aromatic rings. The number of nitrogens with one attached hydrogen (secondary N) is 1. The first-order valence-corrected chi connectivity index (χ1v) is 5.41. The molecule has 1 heterocycles. The summed E-state index contributed by atoms with van der Waals surface area (Å²) in [6.45, 7) is 8.14. The lowest BCUT2D eigenvalue weighted by Gasteiger charge is -2.12. The van der Waals surface area contributed by atoms with Crippen molar-refractivity contribution in [3.05, 3.63) is 23.5 Å². The van der Waals surface area contributed by atoms with Gasteiger partial charge in [-0.3, -0.25) is 9.89 Å². The molecule has 80 valence electrons. The van der Waals surface area contributed by atoms with E-state index in [1.54, 1.807) is 0 Å². The quantitative estimate of drug-likeness (QED) is 0.804. The molecule has 15 heavy (non-hydrogen) atoms. The normalized spacial score (nSPS) is 15.5. The van der Waals surface area contributed by atoms with Crippen LogP contribution in [0, 0.1) is 5.92 Å². The number of allylic oxidation sites excluding steroid dienone is 1. The molecule has 0 radical (unpaired) electrons. The van der Waals surface area contributed by atoms with Crippen LogP contribution in [0.3, 0.4) is 0 Å². The summed E-state index contributed by atoms with van der Waals surface area (Å²) in [5, 5.41) is 7.18. The summed E-state index contributed by atoms with van der Waals surface area (Å²) in [6.07, 6.45) is 2.51. The van der Waals surface area contributed by atoms with E-state index < -0.39 is 0 Å². The van der Waals surface area contributed by atoms with Gasteiger partial charge in [0.05, 0.1) is 11.3 Å².